The molecule has 0 spiro atoms. The Kier molecular flexibility index (Phi) is 7.60. The van der Waals surface area contributed by atoms with E-state index in [-0.39, 0.29) is 12.8 Å². The first kappa shape index (κ1) is 15.9. The van der Waals surface area contributed by atoms with E-state index in [1.807, 2.05) is 6.55 Å². The Labute approximate surface area is 102 Å². The first-order valence-corrected chi connectivity index (χ1v) is 7.83. The molecule has 0 bridgehead atoms. The maximum Gasteiger partial charge on any atom is 0.334 e. The van der Waals surface area contributed by atoms with Crippen LogP contribution in [0.2, 0.25) is 12.6 Å². The highest BCUT2D eigenvalue weighted by Gasteiger charge is 2.27. The number of amides is 1. The van der Waals surface area contributed by atoms with Crippen molar-refractivity contribution in [3.8, 4) is 0 Å². The first-order valence-electron chi connectivity index (χ1n) is 5.31. The van der Waals surface area contributed by atoms with Gasteiger partial charge in [-0.3, -0.25) is 9.59 Å². The van der Waals surface area contributed by atoms with E-state index >= 15 is 0 Å². The molecule has 0 aromatic heterocycles. The second-order valence-corrected chi connectivity index (χ2v) is 7.26. The highest BCUT2D eigenvalue weighted by atomic mass is 28.4. The summed E-state index contributed by atoms with van der Waals surface area (Å²) < 4.78 is 10.5. The van der Waals surface area contributed by atoms with Crippen LogP contribution in [0, 0.1) is 0 Å². The molecule has 0 radical (unpaired) electrons. The summed E-state index contributed by atoms with van der Waals surface area (Å²) in [6.07, 6.45) is 1.84. The molecular formula is C10H19NO5Si. The van der Waals surface area contributed by atoms with E-state index in [9.17, 15) is 9.59 Å². The minimum absolute atomic E-state index is 0.0604. The number of aliphatic imine (C=N–C) groups is 1. The molecular weight excluding hydrogens is 242 g/mol. The van der Waals surface area contributed by atoms with E-state index in [0.717, 1.165) is 0 Å². The standard InChI is InChI=1S/C10H19NO5Si/c1-15-17(3,16-2)8-4-7-11-9(12)5-6-10(13)14/h7H,4-6,8H2,1-3H3,(H,13,14). The van der Waals surface area contributed by atoms with E-state index in [4.69, 9.17) is 14.0 Å². The molecule has 0 heterocycles. The predicted octanol–water partition coefficient (Wildman–Crippen LogP) is 1.20. The Morgan fingerprint density at radius 3 is 2.35 bits per heavy atom. The first-order chi connectivity index (χ1) is 7.93. The predicted molar refractivity (Wildman–Crippen MR) is 65.4 cm³/mol. The molecule has 17 heavy (non-hydrogen) atoms. The van der Waals surface area contributed by atoms with Gasteiger partial charge in [0.25, 0.3) is 0 Å². The SMILES string of the molecule is CO[Si](C)(CCC=NC(=O)CCC(=O)O)OC. The molecule has 0 saturated heterocycles. The van der Waals surface area contributed by atoms with Crippen molar-refractivity contribution in [1.29, 1.82) is 0 Å². The lowest BCUT2D eigenvalue weighted by atomic mass is 10.3. The van der Waals surface area contributed by atoms with Crippen LogP contribution in [0.1, 0.15) is 19.3 Å². The van der Waals surface area contributed by atoms with Gasteiger partial charge in [-0.1, -0.05) is 0 Å². The third-order valence-corrected chi connectivity index (χ3v) is 5.30. The number of carbonyl (C=O) groups excluding carboxylic acids is 1. The van der Waals surface area contributed by atoms with Gasteiger partial charge >= 0.3 is 14.5 Å². The number of hydrogen-bond acceptors (Lipinski definition) is 4. The summed E-state index contributed by atoms with van der Waals surface area (Å²) in [5.41, 5.74) is 0. The number of aliphatic carboxylic acids is 1. The number of hydrogen-bond donors (Lipinski definition) is 1. The molecule has 6 nitrogen and oxygen atoms in total. The summed E-state index contributed by atoms with van der Waals surface area (Å²) in [6.45, 7) is 1.92. The van der Waals surface area contributed by atoms with Gasteiger partial charge in [-0.25, -0.2) is 4.99 Å². The molecule has 7 heteroatoms. The van der Waals surface area contributed by atoms with Crippen LogP contribution in [0.25, 0.3) is 0 Å². The van der Waals surface area contributed by atoms with Gasteiger partial charge in [-0.2, -0.15) is 0 Å². The fourth-order valence-corrected chi connectivity index (χ4v) is 2.29. The number of nitrogens with zero attached hydrogens (tertiary/aromatic N) is 1. The van der Waals surface area contributed by atoms with Crippen LogP contribution < -0.4 is 0 Å². The Hall–Kier alpha value is -1.05. The van der Waals surface area contributed by atoms with Crippen LogP contribution in [-0.4, -0.2) is 46.0 Å². The average Bonchev–Trinajstić information content (AvgIpc) is 2.31. The molecule has 0 aromatic carbocycles. The third-order valence-electron chi connectivity index (χ3n) is 2.38. The normalized spacial score (nSPS) is 11.9. The van der Waals surface area contributed by atoms with Gasteiger partial charge in [0.2, 0.25) is 5.91 Å². The lowest BCUT2D eigenvalue weighted by Crippen LogP contribution is -2.35. The summed E-state index contributed by atoms with van der Waals surface area (Å²) >= 11 is 0. The summed E-state index contributed by atoms with van der Waals surface area (Å²) in [6, 6.07) is 0.704. The fourth-order valence-electron chi connectivity index (χ4n) is 1.06. The largest absolute Gasteiger partial charge is 0.481 e. The van der Waals surface area contributed by atoms with Gasteiger partial charge < -0.3 is 14.0 Å². The van der Waals surface area contributed by atoms with E-state index < -0.39 is 20.4 Å². The second-order valence-electron chi connectivity index (χ2n) is 3.68. The van der Waals surface area contributed by atoms with Gasteiger partial charge in [-0.05, 0) is 19.0 Å². The third kappa shape index (κ3) is 7.78. The monoisotopic (exact) mass is 261 g/mol. The fraction of sp³-hybridized carbons (Fsp3) is 0.700. The second kappa shape index (κ2) is 8.10. The van der Waals surface area contributed by atoms with Crippen LogP contribution in [0.3, 0.4) is 0 Å². The van der Waals surface area contributed by atoms with E-state index in [1.165, 1.54) is 6.21 Å². The Balaban J connectivity index is 3.87. The molecule has 0 aliphatic heterocycles. The van der Waals surface area contributed by atoms with Crippen molar-refractivity contribution in [2.45, 2.75) is 31.9 Å². The molecule has 98 valence electrons. The van der Waals surface area contributed by atoms with E-state index in [2.05, 4.69) is 4.99 Å². The molecule has 0 aromatic rings. The number of carboxylic acid groups (broad SMARTS) is 1. The summed E-state index contributed by atoms with van der Waals surface area (Å²) in [4.78, 5) is 25.0. The molecule has 0 saturated carbocycles. The van der Waals surface area contributed by atoms with Crippen LogP contribution in [0.4, 0.5) is 0 Å². The molecule has 1 amide bonds. The van der Waals surface area contributed by atoms with Crippen LogP contribution in [0.15, 0.2) is 4.99 Å². The zero-order chi connectivity index (χ0) is 13.3. The molecule has 0 rings (SSSR count). The van der Waals surface area contributed by atoms with Gasteiger partial charge in [0, 0.05) is 26.9 Å². The van der Waals surface area contributed by atoms with Gasteiger partial charge in [0.05, 0.1) is 6.42 Å². The van der Waals surface area contributed by atoms with Gasteiger partial charge in [0.15, 0.2) is 0 Å². The summed E-state index contributed by atoms with van der Waals surface area (Å²) in [7, 11) is 1.10. The maximum absolute atomic E-state index is 11.1. The molecule has 0 atom stereocenters. The number of carboxylic acids is 1. The maximum atomic E-state index is 11.1. The van der Waals surface area contributed by atoms with Gasteiger partial charge in [-0.15, -0.1) is 0 Å². The van der Waals surface area contributed by atoms with Crippen molar-refractivity contribution in [3.05, 3.63) is 0 Å². The quantitative estimate of drug-likeness (QED) is 0.524. The molecule has 0 fully saturated rings. The highest BCUT2D eigenvalue weighted by Crippen LogP contribution is 2.12. The van der Waals surface area contributed by atoms with E-state index in [0.29, 0.717) is 12.5 Å². The van der Waals surface area contributed by atoms with Gasteiger partial charge in [0.1, 0.15) is 0 Å². The van der Waals surface area contributed by atoms with Crippen molar-refractivity contribution in [3.63, 3.8) is 0 Å². The zero-order valence-corrected chi connectivity index (χ0v) is 11.4. The van der Waals surface area contributed by atoms with Crippen molar-refractivity contribution < 1.29 is 23.5 Å². The molecule has 0 aliphatic rings. The summed E-state index contributed by atoms with van der Waals surface area (Å²) in [5, 5.41) is 8.37. The number of rotatable bonds is 8. The van der Waals surface area contributed by atoms with Crippen molar-refractivity contribution in [1.82, 2.24) is 0 Å². The topological polar surface area (TPSA) is 85.2 Å². The Morgan fingerprint density at radius 2 is 1.88 bits per heavy atom. The lowest BCUT2D eigenvalue weighted by molar-refractivity contribution is -0.138. The summed E-state index contributed by atoms with van der Waals surface area (Å²) in [5.74, 6) is -1.40. The van der Waals surface area contributed by atoms with Crippen molar-refractivity contribution >= 4 is 26.7 Å². The van der Waals surface area contributed by atoms with E-state index in [1.54, 1.807) is 14.2 Å². The van der Waals surface area contributed by atoms with Crippen molar-refractivity contribution in [2.75, 3.05) is 14.2 Å². The minimum atomic E-state index is -2.10. The molecule has 0 unspecified atom stereocenters. The van der Waals surface area contributed by atoms with Crippen LogP contribution in [-0.2, 0) is 18.4 Å². The molecule has 1 N–H and O–H groups in total. The van der Waals surface area contributed by atoms with Crippen molar-refractivity contribution in [2.24, 2.45) is 4.99 Å². The smallest absolute Gasteiger partial charge is 0.334 e. The number of carbonyl (C=O) groups is 2. The van der Waals surface area contributed by atoms with Crippen LogP contribution >= 0.6 is 0 Å². The lowest BCUT2D eigenvalue weighted by Gasteiger charge is -2.21. The Bertz CT molecular complexity index is 288. The Morgan fingerprint density at radius 1 is 1.29 bits per heavy atom. The minimum Gasteiger partial charge on any atom is -0.481 e. The average molecular weight is 261 g/mol. The molecule has 0 aliphatic carbocycles. The highest BCUT2D eigenvalue weighted by molar-refractivity contribution is 6.66. The van der Waals surface area contributed by atoms with Crippen LogP contribution in [0.5, 0.6) is 0 Å². The zero-order valence-electron chi connectivity index (χ0n) is 10.4.